The highest BCUT2D eigenvalue weighted by molar-refractivity contribution is 7.19. The molecule has 1 saturated carbocycles. The number of amides is 2. The molecular formula is C25H29N3O4S. The molecule has 174 valence electrons. The number of ether oxygens (including phenoxy) is 1. The van der Waals surface area contributed by atoms with E-state index in [1.165, 1.54) is 30.6 Å². The first-order valence-electron chi connectivity index (χ1n) is 11.2. The van der Waals surface area contributed by atoms with Gasteiger partial charge in [0.1, 0.15) is 11.8 Å². The van der Waals surface area contributed by atoms with Crippen LogP contribution in [0.15, 0.2) is 48.5 Å². The Balaban J connectivity index is 1.59. The van der Waals surface area contributed by atoms with E-state index >= 15 is 0 Å². The smallest absolute Gasteiger partial charge is 0.248 e. The minimum atomic E-state index is -0.495. The van der Waals surface area contributed by atoms with Crippen LogP contribution in [0.25, 0.3) is 10.1 Å². The van der Waals surface area contributed by atoms with E-state index in [4.69, 9.17) is 9.94 Å². The van der Waals surface area contributed by atoms with E-state index in [1.807, 2.05) is 48.5 Å². The predicted molar refractivity (Wildman–Crippen MR) is 130 cm³/mol. The summed E-state index contributed by atoms with van der Waals surface area (Å²) in [6, 6.07) is 15.0. The summed E-state index contributed by atoms with van der Waals surface area (Å²) in [4.78, 5) is 25.8. The quantitative estimate of drug-likeness (QED) is 0.288. The second kappa shape index (κ2) is 10.8. The van der Waals surface area contributed by atoms with E-state index in [2.05, 4.69) is 10.6 Å². The van der Waals surface area contributed by atoms with Crippen molar-refractivity contribution in [3.63, 3.8) is 0 Å². The molecule has 1 unspecified atom stereocenters. The number of benzene rings is 2. The van der Waals surface area contributed by atoms with Crippen molar-refractivity contribution < 1.29 is 19.5 Å². The largest absolute Gasteiger partial charge is 0.497 e. The molecule has 2 aromatic carbocycles. The summed E-state index contributed by atoms with van der Waals surface area (Å²) in [5.74, 6) is 0.178. The number of fused-ring (bicyclic) bond motifs is 1. The molecule has 33 heavy (non-hydrogen) atoms. The van der Waals surface area contributed by atoms with E-state index in [0.29, 0.717) is 11.7 Å². The fraction of sp³-hybridized carbons (Fsp3) is 0.360. The van der Waals surface area contributed by atoms with Gasteiger partial charge < -0.3 is 10.1 Å². The first-order chi connectivity index (χ1) is 16.1. The predicted octanol–water partition coefficient (Wildman–Crippen LogP) is 4.56. The van der Waals surface area contributed by atoms with Gasteiger partial charge in [-0.05, 0) is 60.2 Å². The molecule has 2 amide bonds. The molecule has 0 bridgehead atoms. The number of carbonyl (C=O) groups excluding carboxylic acids is 2. The number of hydrogen-bond donors (Lipinski definition) is 4. The topological polar surface area (TPSA) is 99.7 Å². The van der Waals surface area contributed by atoms with Crippen molar-refractivity contribution in [3.05, 3.63) is 59.0 Å². The van der Waals surface area contributed by atoms with E-state index < -0.39 is 11.9 Å². The third-order valence-corrected chi connectivity index (χ3v) is 7.11. The Bertz CT molecular complexity index is 1110. The van der Waals surface area contributed by atoms with Crippen LogP contribution in [0.5, 0.6) is 5.75 Å². The van der Waals surface area contributed by atoms with Gasteiger partial charge in [0.25, 0.3) is 0 Å². The van der Waals surface area contributed by atoms with Gasteiger partial charge in [-0.2, -0.15) is 0 Å². The number of rotatable bonds is 8. The minimum absolute atomic E-state index is 0.110. The lowest BCUT2D eigenvalue weighted by atomic mass is 9.93. The highest BCUT2D eigenvalue weighted by Gasteiger charge is 2.26. The van der Waals surface area contributed by atoms with Gasteiger partial charge in [-0.15, -0.1) is 11.3 Å². The van der Waals surface area contributed by atoms with Gasteiger partial charge in [-0.1, -0.05) is 31.4 Å². The first-order valence-corrected chi connectivity index (χ1v) is 12.0. The summed E-state index contributed by atoms with van der Waals surface area (Å²) in [5.41, 5.74) is 3.28. The van der Waals surface area contributed by atoms with Crippen LogP contribution in [-0.2, 0) is 16.0 Å². The van der Waals surface area contributed by atoms with Crippen molar-refractivity contribution in [2.24, 2.45) is 0 Å². The third-order valence-electron chi connectivity index (χ3n) is 6.02. The maximum Gasteiger partial charge on any atom is 0.248 e. The number of hydroxylamine groups is 1. The molecule has 1 aromatic heterocycles. The van der Waals surface area contributed by atoms with Crippen molar-refractivity contribution in [1.82, 2.24) is 10.8 Å². The summed E-state index contributed by atoms with van der Waals surface area (Å²) in [6.07, 6.45) is 5.83. The van der Waals surface area contributed by atoms with E-state index in [9.17, 15) is 9.59 Å². The molecule has 7 nitrogen and oxygen atoms in total. The van der Waals surface area contributed by atoms with Gasteiger partial charge in [0.2, 0.25) is 11.8 Å². The summed E-state index contributed by atoms with van der Waals surface area (Å²) >= 11 is 1.49. The number of thiophene rings is 1. The SMILES string of the molecule is COc1ccc(NC(=O)C(NC2CCCCC2)c2ccc3cc(CC(=O)NO)sc3c2)cc1. The molecule has 4 N–H and O–H groups in total. The molecule has 4 rings (SSSR count). The highest BCUT2D eigenvalue weighted by Crippen LogP contribution is 2.30. The van der Waals surface area contributed by atoms with Gasteiger partial charge >= 0.3 is 0 Å². The molecule has 0 radical (unpaired) electrons. The molecular weight excluding hydrogens is 438 g/mol. The summed E-state index contributed by atoms with van der Waals surface area (Å²) in [6.45, 7) is 0. The molecule has 1 fully saturated rings. The standard InChI is InChI=1S/C25H29N3O4S/c1-32-20-11-9-19(10-12-20)27-25(30)24(26-18-5-3-2-4-6-18)17-8-7-16-13-21(15-23(29)28-31)33-22(16)14-17/h7-14,18,24,26,31H,2-6,15H2,1H3,(H,27,30)(H,28,29). The second-order valence-corrected chi connectivity index (χ2v) is 9.54. The molecule has 0 saturated heterocycles. The summed E-state index contributed by atoms with van der Waals surface area (Å²) in [7, 11) is 1.61. The average Bonchev–Trinajstić information content (AvgIpc) is 3.24. The Morgan fingerprint density at radius 1 is 1.09 bits per heavy atom. The molecule has 0 spiro atoms. The molecule has 8 heteroatoms. The Hall–Kier alpha value is -2.94. The van der Waals surface area contributed by atoms with Gasteiger partial charge in [-0.3, -0.25) is 20.1 Å². The van der Waals surface area contributed by atoms with Crippen LogP contribution in [0, 0.1) is 0 Å². The Morgan fingerprint density at radius 3 is 2.55 bits per heavy atom. The van der Waals surface area contributed by atoms with Gasteiger partial charge in [-0.25, -0.2) is 5.48 Å². The van der Waals surface area contributed by atoms with Crippen LogP contribution in [0.4, 0.5) is 5.69 Å². The number of methoxy groups -OCH3 is 1. The maximum atomic E-state index is 13.4. The van der Waals surface area contributed by atoms with Gasteiger partial charge in [0.05, 0.1) is 13.5 Å². The van der Waals surface area contributed by atoms with E-state index in [1.54, 1.807) is 12.6 Å². The van der Waals surface area contributed by atoms with Crippen molar-refractivity contribution >= 4 is 38.9 Å². The summed E-state index contributed by atoms with van der Waals surface area (Å²) < 4.78 is 6.20. The van der Waals surface area contributed by atoms with Crippen molar-refractivity contribution in [3.8, 4) is 5.75 Å². The number of hydrogen-bond acceptors (Lipinski definition) is 6. The zero-order valence-corrected chi connectivity index (χ0v) is 19.4. The zero-order valence-electron chi connectivity index (χ0n) is 18.6. The Kier molecular flexibility index (Phi) is 7.59. The molecule has 1 aliphatic carbocycles. The lowest BCUT2D eigenvalue weighted by Gasteiger charge is -2.28. The maximum absolute atomic E-state index is 13.4. The fourth-order valence-electron chi connectivity index (χ4n) is 4.28. The highest BCUT2D eigenvalue weighted by atomic mass is 32.1. The normalized spacial score (nSPS) is 15.2. The van der Waals surface area contributed by atoms with Gasteiger partial charge in [0.15, 0.2) is 0 Å². The van der Waals surface area contributed by atoms with Crippen LogP contribution in [-0.4, -0.2) is 30.2 Å². The lowest BCUT2D eigenvalue weighted by molar-refractivity contribution is -0.128. The second-order valence-electron chi connectivity index (χ2n) is 8.37. The Morgan fingerprint density at radius 2 is 1.85 bits per heavy atom. The van der Waals surface area contributed by atoms with Crippen molar-refractivity contribution in [2.75, 3.05) is 12.4 Å². The van der Waals surface area contributed by atoms with Crippen LogP contribution >= 0.6 is 11.3 Å². The third kappa shape index (κ3) is 5.90. The Labute approximate surface area is 197 Å². The lowest BCUT2D eigenvalue weighted by Crippen LogP contribution is -2.40. The van der Waals surface area contributed by atoms with Crippen LogP contribution in [0.1, 0.15) is 48.6 Å². The monoisotopic (exact) mass is 467 g/mol. The summed E-state index contributed by atoms with van der Waals surface area (Å²) in [5, 5.41) is 16.4. The average molecular weight is 468 g/mol. The van der Waals surface area contributed by atoms with Crippen LogP contribution in [0.2, 0.25) is 0 Å². The minimum Gasteiger partial charge on any atom is -0.497 e. The first kappa shape index (κ1) is 23.2. The number of carbonyl (C=O) groups is 2. The molecule has 3 aromatic rings. The molecule has 1 heterocycles. The number of nitrogens with one attached hydrogen (secondary N) is 3. The zero-order chi connectivity index (χ0) is 23.2. The molecule has 1 atom stereocenters. The van der Waals surface area contributed by atoms with E-state index in [-0.39, 0.29) is 12.3 Å². The van der Waals surface area contributed by atoms with Crippen molar-refractivity contribution in [1.29, 1.82) is 0 Å². The van der Waals surface area contributed by atoms with Gasteiger partial charge in [0, 0.05) is 21.3 Å². The molecule has 1 aliphatic rings. The van der Waals surface area contributed by atoms with Crippen LogP contribution < -0.4 is 20.9 Å². The number of anilines is 1. The van der Waals surface area contributed by atoms with E-state index in [0.717, 1.165) is 39.1 Å². The van der Waals surface area contributed by atoms with Crippen molar-refractivity contribution in [2.45, 2.75) is 50.6 Å². The molecule has 0 aliphatic heterocycles. The van der Waals surface area contributed by atoms with Crippen LogP contribution in [0.3, 0.4) is 0 Å². The fourth-order valence-corrected chi connectivity index (χ4v) is 5.40.